The Morgan fingerprint density at radius 2 is 2.08 bits per heavy atom. The second-order valence-electron chi connectivity index (χ2n) is 2.76. The maximum atomic E-state index is 7.33. The van der Waals surface area contributed by atoms with Crippen LogP contribution in [0.2, 0.25) is 0 Å². The standard InChI is InChI=1S/C9H10N4/c10-9(11)8-6(3-5-13-8)7-2-1-4-12-7/h1-5,12-13H,(H3,10,11). The zero-order valence-electron chi connectivity index (χ0n) is 6.96. The van der Waals surface area contributed by atoms with Crippen molar-refractivity contribution >= 4 is 5.84 Å². The van der Waals surface area contributed by atoms with E-state index in [1.807, 2.05) is 24.4 Å². The van der Waals surface area contributed by atoms with Crippen LogP contribution in [0.5, 0.6) is 0 Å². The molecule has 2 aromatic rings. The molecule has 13 heavy (non-hydrogen) atoms. The fourth-order valence-electron chi connectivity index (χ4n) is 1.31. The highest BCUT2D eigenvalue weighted by Crippen LogP contribution is 2.20. The summed E-state index contributed by atoms with van der Waals surface area (Å²) in [6.07, 6.45) is 3.61. The number of hydrogen-bond acceptors (Lipinski definition) is 1. The van der Waals surface area contributed by atoms with Crippen molar-refractivity contribution in [3.63, 3.8) is 0 Å². The van der Waals surface area contributed by atoms with Crippen LogP contribution < -0.4 is 5.73 Å². The van der Waals surface area contributed by atoms with Crippen molar-refractivity contribution in [2.75, 3.05) is 0 Å². The zero-order valence-corrected chi connectivity index (χ0v) is 6.96. The molecule has 0 saturated carbocycles. The lowest BCUT2D eigenvalue weighted by atomic mass is 10.2. The van der Waals surface area contributed by atoms with Crippen LogP contribution in [0.4, 0.5) is 0 Å². The van der Waals surface area contributed by atoms with Gasteiger partial charge in [-0.15, -0.1) is 0 Å². The van der Waals surface area contributed by atoms with E-state index in [9.17, 15) is 0 Å². The van der Waals surface area contributed by atoms with Crippen molar-refractivity contribution in [3.05, 3.63) is 36.3 Å². The van der Waals surface area contributed by atoms with E-state index in [-0.39, 0.29) is 5.84 Å². The molecule has 0 atom stereocenters. The molecule has 0 amide bonds. The Balaban J connectivity index is 2.52. The molecule has 0 aliphatic carbocycles. The van der Waals surface area contributed by atoms with Crippen molar-refractivity contribution in [1.82, 2.24) is 9.97 Å². The van der Waals surface area contributed by atoms with Crippen molar-refractivity contribution in [3.8, 4) is 11.3 Å². The van der Waals surface area contributed by atoms with Gasteiger partial charge >= 0.3 is 0 Å². The fraction of sp³-hybridized carbons (Fsp3) is 0. The molecule has 0 aromatic carbocycles. The molecule has 66 valence electrons. The first kappa shape index (κ1) is 7.67. The molecule has 0 fully saturated rings. The van der Waals surface area contributed by atoms with Crippen molar-refractivity contribution in [2.45, 2.75) is 0 Å². The maximum Gasteiger partial charge on any atom is 0.140 e. The van der Waals surface area contributed by atoms with E-state index < -0.39 is 0 Å². The Morgan fingerprint density at radius 1 is 1.23 bits per heavy atom. The average Bonchev–Trinajstić information content (AvgIpc) is 2.74. The third-order valence-electron chi connectivity index (χ3n) is 1.90. The molecule has 2 rings (SSSR count). The van der Waals surface area contributed by atoms with E-state index in [0.717, 1.165) is 11.3 Å². The van der Waals surface area contributed by atoms with E-state index in [4.69, 9.17) is 11.1 Å². The van der Waals surface area contributed by atoms with E-state index in [1.54, 1.807) is 6.20 Å². The van der Waals surface area contributed by atoms with E-state index >= 15 is 0 Å². The van der Waals surface area contributed by atoms with E-state index in [1.165, 1.54) is 0 Å². The minimum Gasteiger partial charge on any atom is -0.382 e. The lowest BCUT2D eigenvalue weighted by Crippen LogP contribution is -2.12. The minimum absolute atomic E-state index is 0.0506. The number of amidine groups is 1. The summed E-state index contributed by atoms with van der Waals surface area (Å²) in [7, 11) is 0. The molecule has 0 saturated heterocycles. The van der Waals surface area contributed by atoms with E-state index in [0.29, 0.717) is 5.69 Å². The first-order chi connectivity index (χ1) is 6.29. The lowest BCUT2D eigenvalue weighted by molar-refractivity contribution is 1.30. The molecule has 0 spiro atoms. The summed E-state index contributed by atoms with van der Waals surface area (Å²) in [5.74, 6) is 0.0506. The van der Waals surface area contributed by atoms with Gasteiger partial charge in [0.15, 0.2) is 0 Å². The van der Waals surface area contributed by atoms with Crippen molar-refractivity contribution in [1.29, 1.82) is 5.41 Å². The van der Waals surface area contributed by atoms with Gasteiger partial charge < -0.3 is 15.7 Å². The number of rotatable bonds is 2. The lowest BCUT2D eigenvalue weighted by Gasteiger charge is -1.98. The molecule has 0 bridgehead atoms. The van der Waals surface area contributed by atoms with Gasteiger partial charge in [-0.3, -0.25) is 5.41 Å². The molecule has 0 aliphatic rings. The van der Waals surface area contributed by atoms with Gasteiger partial charge in [-0.2, -0.15) is 0 Å². The van der Waals surface area contributed by atoms with Crippen LogP contribution in [-0.4, -0.2) is 15.8 Å². The van der Waals surface area contributed by atoms with Gasteiger partial charge in [-0.1, -0.05) is 0 Å². The number of hydrogen-bond donors (Lipinski definition) is 4. The molecule has 0 radical (unpaired) electrons. The van der Waals surface area contributed by atoms with Crippen LogP contribution in [0.25, 0.3) is 11.3 Å². The number of aromatic nitrogens is 2. The summed E-state index contributed by atoms with van der Waals surface area (Å²) in [6, 6.07) is 5.74. The van der Waals surface area contributed by atoms with Gasteiger partial charge in [-0.05, 0) is 18.2 Å². The number of H-pyrrole nitrogens is 2. The largest absolute Gasteiger partial charge is 0.382 e. The highest BCUT2D eigenvalue weighted by Gasteiger charge is 2.08. The molecule has 0 unspecified atom stereocenters. The highest BCUT2D eigenvalue weighted by molar-refractivity contribution is 5.99. The summed E-state index contributed by atoms with van der Waals surface area (Å²) >= 11 is 0. The third-order valence-corrected chi connectivity index (χ3v) is 1.90. The number of aromatic amines is 2. The minimum atomic E-state index is 0.0506. The molecule has 2 aromatic heterocycles. The first-order valence-electron chi connectivity index (χ1n) is 3.94. The number of nitrogen functional groups attached to an aromatic ring is 1. The molecule has 2 heterocycles. The van der Waals surface area contributed by atoms with Crippen molar-refractivity contribution in [2.24, 2.45) is 5.73 Å². The van der Waals surface area contributed by atoms with Gasteiger partial charge in [0.05, 0.1) is 5.69 Å². The van der Waals surface area contributed by atoms with Crippen LogP contribution in [0.1, 0.15) is 5.69 Å². The predicted octanol–water partition coefficient (Wildman–Crippen LogP) is 1.29. The van der Waals surface area contributed by atoms with Crippen LogP contribution in [0.15, 0.2) is 30.6 Å². The van der Waals surface area contributed by atoms with Gasteiger partial charge in [0, 0.05) is 23.7 Å². The summed E-state index contributed by atoms with van der Waals surface area (Å²) in [6.45, 7) is 0. The van der Waals surface area contributed by atoms with Gasteiger partial charge in [0.2, 0.25) is 0 Å². The average molecular weight is 174 g/mol. The van der Waals surface area contributed by atoms with Crippen LogP contribution in [0.3, 0.4) is 0 Å². The summed E-state index contributed by atoms with van der Waals surface area (Å²) < 4.78 is 0. The Kier molecular flexibility index (Phi) is 1.66. The second kappa shape index (κ2) is 2.82. The third kappa shape index (κ3) is 1.22. The van der Waals surface area contributed by atoms with Gasteiger partial charge in [0.25, 0.3) is 0 Å². The first-order valence-corrected chi connectivity index (χ1v) is 3.94. The Labute approximate surface area is 75.3 Å². The Bertz CT molecular complexity index is 411. The Hall–Kier alpha value is -1.97. The smallest absolute Gasteiger partial charge is 0.140 e. The maximum absolute atomic E-state index is 7.33. The number of nitrogens with one attached hydrogen (secondary N) is 3. The summed E-state index contributed by atoms with van der Waals surface area (Å²) in [5, 5.41) is 7.33. The molecular formula is C9H10N4. The van der Waals surface area contributed by atoms with Crippen molar-refractivity contribution < 1.29 is 0 Å². The Morgan fingerprint density at radius 3 is 2.69 bits per heavy atom. The van der Waals surface area contributed by atoms with Crippen LogP contribution in [-0.2, 0) is 0 Å². The molecule has 0 aliphatic heterocycles. The topological polar surface area (TPSA) is 81.4 Å². The number of nitrogens with two attached hydrogens (primary N) is 1. The molecule has 4 nitrogen and oxygen atoms in total. The fourth-order valence-corrected chi connectivity index (χ4v) is 1.31. The van der Waals surface area contributed by atoms with Crippen LogP contribution in [0, 0.1) is 5.41 Å². The quantitative estimate of drug-likeness (QED) is 0.401. The molecular weight excluding hydrogens is 164 g/mol. The SMILES string of the molecule is N=C(N)c1[nH]ccc1-c1ccc[nH]1. The van der Waals surface area contributed by atoms with Gasteiger partial charge in [0.1, 0.15) is 5.84 Å². The van der Waals surface area contributed by atoms with Gasteiger partial charge in [-0.25, -0.2) is 0 Å². The van der Waals surface area contributed by atoms with E-state index in [2.05, 4.69) is 9.97 Å². The zero-order chi connectivity index (χ0) is 9.26. The highest BCUT2D eigenvalue weighted by atomic mass is 14.8. The monoisotopic (exact) mass is 174 g/mol. The molecule has 5 N–H and O–H groups in total. The summed E-state index contributed by atoms with van der Waals surface area (Å²) in [5.41, 5.74) is 7.95. The molecule has 4 heteroatoms. The summed E-state index contributed by atoms with van der Waals surface area (Å²) in [4.78, 5) is 5.99. The van der Waals surface area contributed by atoms with Crippen LogP contribution >= 0.6 is 0 Å². The second-order valence-corrected chi connectivity index (χ2v) is 2.76. The normalized spacial score (nSPS) is 10.2. The predicted molar refractivity (Wildman–Crippen MR) is 51.6 cm³/mol.